The molecule has 2 aromatic rings. The van der Waals surface area contributed by atoms with Crippen LogP contribution < -0.4 is 4.74 Å². The van der Waals surface area contributed by atoms with Gasteiger partial charge in [0.05, 0.1) is 4.75 Å². The van der Waals surface area contributed by atoms with Crippen molar-refractivity contribution in [3.63, 3.8) is 0 Å². The molecule has 0 amide bonds. The fourth-order valence-corrected chi connectivity index (χ4v) is 2.10. The highest BCUT2D eigenvalue weighted by Crippen LogP contribution is 2.24. The van der Waals surface area contributed by atoms with Gasteiger partial charge in [-0.05, 0) is 56.7 Å². The summed E-state index contributed by atoms with van der Waals surface area (Å²) in [6.45, 7) is 5.49. The molecular formula is C17H18FNO2S. The molecule has 2 rings (SSSR count). The van der Waals surface area contributed by atoms with E-state index in [1.165, 1.54) is 18.3 Å². The lowest BCUT2D eigenvalue weighted by atomic mass is 10.2. The summed E-state index contributed by atoms with van der Waals surface area (Å²) in [6, 6.07) is 13.5. The second kappa shape index (κ2) is 6.83. The molecule has 5 heteroatoms. The van der Waals surface area contributed by atoms with Gasteiger partial charge >= 0.3 is 0 Å². The lowest BCUT2D eigenvalue weighted by molar-refractivity contribution is 0.442. The van der Waals surface area contributed by atoms with Crippen LogP contribution in [-0.2, 0) is 11.0 Å². The van der Waals surface area contributed by atoms with Gasteiger partial charge in [0.1, 0.15) is 16.7 Å². The lowest BCUT2D eigenvalue weighted by Crippen LogP contribution is -2.19. The first kappa shape index (κ1) is 16.4. The molecule has 0 spiro atoms. The minimum Gasteiger partial charge on any atom is -0.454 e. The zero-order chi connectivity index (χ0) is 16.2. The molecule has 1 atom stereocenters. The highest BCUT2D eigenvalue weighted by atomic mass is 32.2. The van der Waals surface area contributed by atoms with E-state index in [1.807, 2.05) is 39.0 Å². The Hall–Kier alpha value is -2.01. The molecule has 0 radical (unpaired) electrons. The van der Waals surface area contributed by atoms with Crippen LogP contribution in [0.4, 0.5) is 4.39 Å². The largest absolute Gasteiger partial charge is 0.454 e. The minimum atomic E-state index is -1.37. The van der Waals surface area contributed by atoms with Crippen molar-refractivity contribution in [2.24, 2.45) is 4.40 Å². The maximum Gasteiger partial charge on any atom is 0.166 e. The van der Waals surface area contributed by atoms with Crippen molar-refractivity contribution in [1.82, 2.24) is 0 Å². The topological polar surface area (TPSA) is 38.7 Å². The van der Waals surface area contributed by atoms with E-state index in [9.17, 15) is 8.60 Å². The molecule has 0 aliphatic rings. The Morgan fingerprint density at radius 1 is 1.14 bits per heavy atom. The molecule has 0 N–H and O–H groups in total. The predicted molar refractivity (Wildman–Crippen MR) is 88.4 cm³/mol. The fourth-order valence-electron chi connectivity index (χ4n) is 1.56. The number of hydrogen-bond donors (Lipinski definition) is 0. The number of nitrogens with zero attached hydrogens (tertiary/aromatic N) is 1. The van der Waals surface area contributed by atoms with Crippen molar-refractivity contribution in [3.8, 4) is 11.5 Å². The van der Waals surface area contributed by atoms with E-state index >= 15 is 0 Å². The Labute approximate surface area is 132 Å². The number of benzene rings is 2. The molecular weight excluding hydrogens is 301 g/mol. The smallest absolute Gasteiger partial charge is 0.166 e. The van der Waals surface area contributed by atoms with Crippen molar-refractivity contribution < 1.29 is 13.3 Å². The second-order valence-corrected chi connectivity index (χ2v) is 7.63. The number of para-hydroxylation sites is 1. The molecule has 0 aliphatic carbocycles. The molecule has 0 saturated carbocycles. The molecule has 0 saturated heterocycles. The van der Waals surface area contributed by atoms with Gasteiger partial charge in [-0.15, -0.1) is 0 Å². The Morgan fingerprint density at radius 2 is 1.82 bits per heavy atom. The van der Waals surface area contributed by atoms with E-state index in [0.717, 1.165) is 0 Å². The maximum absolute atomic E-state index is 14.0. The van der Waals surface area contributed by atoms with Gasteiger partial charge in [-0.1, -0.05) is 18.2 Å². The third kappa shape index (κ3) is 4.49. The Balaban J connectivity index is 2.13. The van der Waals surface area contributed by atoms with Gasteiger partial charge in [0.15, 0.2) is 11.6 Å². The van der Waals surface area contributed by atoms with Gasteiger partial charge in [0.25, 0.3) is 0 Å². The first-order valence-corrected chi connectivity index (χ1v) is 7.95. The number of ether oxygens (including phenoxy) is 1. The molecule has 3 nitrogen and oxygen atoms in total. The average Bonchev–Trinajstić information content (AvgIpc) is 2.47. The molecule has 2 aromatic carbocycles. The van der Waals surface area contributed by atoms with E-state index in [-0.39, 0.29) is 5.75 Å². The van der Waals surface area contributed by atoms with Gasteiger partial charge in [-0.2, -0.15) is 4.40 Å². The van der Waals surface area contributed by atoms with Crippen LogP contribution in [0.1, 0.15) is 26.3 Å². The monoisotopic (exact) mass is 319 g/mol. The first-order valence-electron chi connectivity index (χ1n) is 6.85. The number of rotatable bonds is 4. The Bertz CT molecular complexity index is 694. The molecule has 0 aromatic heterocycles. The predicted octanol–water partition coefficient (Wildman–Crippen LogP) is 4.50. The van der Waals surface area contributed by atoms with E-state index in [1.54, 1.807) is 18.2 Å². The average molecular weight is 319 g/mol. The Morgan fingerprint density at radius 3 is 2.41 bits per heavy atom. The van der Waals surface area contributed by atoms with Crippen molar-refractivity contribution in [2.75, 3.05) is 0 Å². The molecule has 0 heterocycles. The van der Waals surface area contributed by atoms with Crippen LogP contribution in [-0.4, -0.2) is 15.2 Å². The quantitative estimate of drug-likeness (QED) is 0.778. The van der Waals surface area contributed by atoms with Crippen LogP contribution in [0.5, 0.6) is 11.5 Å². The van der Waals surface area contributed by atoms with Gasteiger partial charge in [-0.3, -0.25) is 0 Å². The maximum atomic E-state index is 14.0. The van der Waals surface area contributed by atoms with Crippen LogP contribution in [0.15, 0.2) is 52.9 Å². The zero-order valence-corrected chi connectivity index (χ0v) is 13.6. The summed E-state index contributed by atoms with van der Waals surface area (Å²) in [7, 11) is -1.37. The summed E-state index contributed by atoms with van der Waals surface area (Å²) in [5, 5.41) is 0. The van der Waals surface area contributed by atoms with Crippen molar-refractivity contribution >= 4 is 17.2 Å². The van der Waals surface area contributed by atoms with Crippen LogP contribution in [0.2, 0.25) is 0 Å². The van der Waals surface area contributed by atoms with Crippen molar-refractivity contribution in [2.45, 2.75) is 25.5 Å². The third-order valence-corrected chi connectivity index (χ3v) is 4.09. The van der Waals surface area contributed by atoms with E-state index < -0.39 is 21.5 Å². The normalized spacial score (nSPS) is 13.3. The highest BCUT2D eigenvalue weighted by molar-refractivity contribution is 7.85. The summed E-state index contributed by atoms with van der Waals surface area (Å²) >= 11 is 0. The SMILES string of the molecule is CC(C)(C)S(=O)N=Cc1ccc(Oc2ccccc2)c(F)c1. The van der Waals surface area contributed by atoms with Gasteiger partial charge < -0.3 is 4.74 Å². The van der Waals surface area contributed by atoms with E-state index in [2.05, 4.69) is 4.40 Å². The highest BCUT2D eigenvalue weighted by Gasteiger charge is 2.18. The van der Waals surface area contributed by atoms with Crippen LogP contribution in [0.3, 0.4) is 0 Å². The second-order valence-electron chi connectivity index (χ2n) is 5.70. The zero-order valence-electron chi connectivity index (χ0n) is 12.7. The van der Waals surface area contributed by atoms with Crippen LogP contribution >= 0.6 is 0 Å². The summed E-state index contributed by atoms with van der Waals surface area (Å²) in [5.41, 5.74) is 0.538. The van der Waals surface area contributed by atoms with Gasteiger partial charge in [0.2, 0.25) is 0 Å². The van der Waals surface area contributed by atoms with E-state index in [0.29, 0.717) is 11.3 Å². The van der Waals surface area contributed by atoms with Gasteiger partial charge in [-0.25, -0.2) is 8.60 Å². The summed E-state index contributed by atoms with van der Waals surface area (Å²) in [4.78, 5) is 0. The summed E-state index contributed by atoms with van der Waals surface area (Å²) in [6.07, 6.45) is 1.41. The standard InChI is InChI=1S/C17H18FNO2S/c1-17(2,3)22(20)19-12-13-9-10-16(15(18)11-13)21-14-7-5-4-6-8-14/h4-12H,1-3H3. The molecule has 0 aliphatic heterocycles. The van der Waals surface area contributed by atoms with Gasteiger partial charge in [0, 0.05) is 6.21 Å². The molecule has 1 unspecified atom stereocenters. The first-order chi connectivity index (χ1) is 10.4. The van der Waals surface area contributed by atoms with Crippen molar-refractivity contribution in [3.05, 3.63) is 59.9 Å². The molecule has 0 fully saturated rings. The van der Waals surface area contributed by atoms with Crippen molar-refractivity contribution in [1.29, 1.82) is 0 Å². The number of halogens is 1. The minimum absolute atomic E-state index is 0.139. The number of hydrogen-bond acceptors (Lipinski definition) is 2. The Kier molecular flexibility index (Phi) is 5.08. The van der Waals surface area contributed by atoms with Crippen LogP contribution in [0, 0.1) is 5.82 Å². The summed E-state index contributed by atoms with van der Waals surface area (Å²) in [5.74, 6) is 0.214. The molecule has 22 heavy (non-hydrogen) atoms. The molecule has 0 bridgehead atoms. The van der Waals surface area contributed by atoms with Crippen LogP contribution in [0.25, 0.3) is 0 Å². The fraction of sp³-hybridized carbons (Fsp3) is 0.235. The summed E-state index contributed by atoms with van der Waals surface area (Å²) < 4.78 is 34.8. The third-order valence-electron chi connectivity index (χ3n) is 2.75. The molecule has 116 valence electrons. The lowest BCUT2D eigenvalue weighted by Gasteiger charge is -2.12. The van der Waals surface area contributed by atoms with E-state index in [4.69, 9.17) is 4.74 Å².